The summed E-state index contributed by atoms with van der Waals surface area (Å²) < 4.78 is 44.8. The van der Waals surface area contributed by atoms with Gasteiger partial charge in [0.2, 0.25) is 0 Å². The summed E-state index contributed by atoms with van der Waals surface area (Å²) >= 11 is 0. The summed E-state index contributed by atoms with van der Waals surface area (Å²) in [4.78, 5) is 0. The maximum atomic E-state index is 13.1. The van der Waals surface area contributed by atoms with Crippen LogP contribution in [0.5, 0.6) is 5.75 Å². The molecular weight excluding hydrogens is 289 g/mol. The molecule has 0 spiro atoms. The summed E-state index contributed by atoms with van der Waals surface area (Å²) in [5.41, 5.74) is 0.659. The van der Waals surface area contributed by atoms with Crippen molar-refractivity contribution in [1.82, 2.24) is 0 Å². The van der Waals surface area contributed by atoms with E-state index in [0.717, 1.165) is 17.2 Å². The standard InChI is InChI=1S/C18H23F3O/c1-6-8-13(7-2)12-22-16-11-14(17(3,4)5)9-10-15(16)18(19,20)21/h6-11H,12H2,1-5H3/b8-6-,13-7+. The van der Waals surface area contributed by atoms with Gasteiger partial charge in [0.25, 0.3) is 0 Å². The fourth-order valence-electron chi connectivity index (χ4n) is 1.95. The third-order valence-corrected chi connectivity index (χ3v) is 3.30. The summed E-state index contributed by atoms with van der Waals surface area (Å²) in [6.45, 7) is 9.65. The van der Waals surface area contributed by atoms with Gasteiger partial charge in [0.1, 0.15) is 12.4 Å². The number of benzene rings is 1. The van der Waals surface area contributed by atoms with Crippen LogP contribution in [0, 0.1) is 0 Å². The summed E-state index contributed by atoms with van der Waals surface area (Å²) in [6, 6.07) is 4.10. The minimum atomic E-state index is -4.43. The van der Waals surface area contributed by atoms with E-state index in [0.29, 0.717) is 0 Å². The average molecular weight is 312 g/mol. The normalized spacial score (nSPS) is 13.7. The van der Waals surface area contributed by atoms with Crippen LogP contribution in [0.1, 0.15) is 45.7 Å². The van der Waals surface area contributed by atoms with Gasteiger partial charge in [-0.3, -0.25) is 0 Å². The van der Waals surface area contributed by atoms with Crippen molar-refractivity contribution >= 4 is 0 Å². The Hall–Kier alpha value is -1.71. The SMILES string of the molecule is C/C=C\C(=C/C)COc1cc(C(C)(C)C)ccc1C(F)(F)F. The van der Waals surface area contributed by atoms with Crippen LogP contribution in [0.4, 0.5) is 13.2 Å². The molecular formula is C18H23F3O. The van der Waals surface area contributed by atoms with Crippen molar-refractivity contribution in [2.45, 2.75) is 46.2 Å². The highest BCUT2D eigenvalue weighted by Gasteiger charge is 2.35. The zero-order valence-corrected chi connectivity index (χ0v) is 13.7. The number of ether oxygens (including phenoxy) is 1. The van der Waals surface area contributed by atoms with Crippen LogP contribution in [-0.2, 0) is 11.6 Å². The Kier molecular flexibility index (Phi) is 5.86. The summed E-state index contributed by atoms with van der Waals surface area (Å²) in [5.74, 6) is -0.122. The Morgan fingerprint density at radius 1 is 1.14 bits per heavy atom. The molecule has 0 N–H and O–H groups in total. The molecule has 1 aromatic carbocycles. The van der Waals surface area contributed by atoms with Crippen LogP contribution in [0.25, 0.3) is 0 Å². The van der Waals surface area contributed by atoms with Crippen molar-refractivity contribution in [3.8, 4) is 5.75 Å². The second-order valence-corrected chi connectivity index (χ2v) is 6.11. The lowest BCUT2D eigenvalue weighted by Crippen LogP contribution is -2.15. The number of halogens is 3. The van der Waals surface area contributed by atoms with E-state index in [9.17, 15) is 13.2 Å². The largest absolute Gasteiger partial charge is 0.488 e. The fourth-order valence-corrected chi connectivity index (χ4v) is 1.95. The molecule has 0 bridgehead atoms. The molecule has 0 heterocycles. The fraction of sp³-hybridized carbons (Fsp3) is 0.444. The molecule has 0 radical (unpaired) electrons. The molecule has 0 atom stereocenters. The van der Waals surface area contributed by atoms with Crippen LogP contribution in [-0.4, -0.2) is 6.61 Å². The zero-order valence-electron chi connectivity index (χ0n) is 13.7. The quantitative estimate of drug-likeness (QED) is 0.628. The van der Waals surface area contributed by atoms with Gasteiger partial charge >= 0.3 is 6.18 Å². The first-order valence-electron chi connectivity index (χ1n) is 7.22. The minimum absolute atomic E-state index is 0.109. The number of alkyl halides is 3. The summed E-state index contributed by atoms with van der Waals surface area (Å²) in [7, 11) is 0. The Bertz CT molecular complexity index is 561. The lowest BCUT2D eigenvalue weighted by molar-refractivity contribution is -0.138. The first kappa shape index (κ1) is 18.3. The van der Waals surface area contributed by atoms with Gasteiger partial charge in [-0.25, -0.2) is 0 Å². The van der Waals surface area contributed by atoms with Crippen molar-refractivity contribution in [2.24, 2.45) is 0 Å². The van der Waals surface area contributed by atoms with E-state index in [1.165, 1.54) is 12.1 Å². The van der Waals surface area contributed by atoms with Crippen LogP contribution in [0.2, 0.25) is 0 Å². The third-order valence-electron chi connectivity index (χ3n) is 3.30. The molecule has 1 rings (SSSR count). The predicted octanol–water partition coefficient (Wildman–Crippen LogP) is 5.90. The molecule has 0 saturated heterocycles. The van der Waals surface area contributed by atoms with Crippen LogP contribution >= 0.6 is 0 Å². The maximum Gasteiger partial charge on any atom is 0.419 e. The number of allylic oxidation sites excluding steroid dienone is 2. The Balaban J connectivity index is 3.18. The summed E-state index contributed by atoms with van der Waals surface area (Å²) in [5, 5.41) is 0. The molecule has 0 unspecified atom stereocenters. The summed E-state index contributed by atoms with van der Waals surface area (Å²) in [6.07, 6.45) is 1.04. The van der Waals surface area contributed by atoms with Crippen molar-refractivity contribution in [1.29, 1.82) is 0 Å². The van der Waals surface area contributed by atoms with Crippen molar-refractivity contribution < 1.29 is 17.9 Å². The van der Waals surface area contributed by atoms with E-state index in [4.69, 9.17) is 4.74 Å². The second kappa shape index (κ2) is 7.03. The van der Waals surface area contributed by atoms with Crippen molar-refractivity contribution in [3.05, 3.63) is 53.1 Å². The molecule has 0 aliphatic carbocycles. The van der Waals surface area contributed by atoms with Gasteiger partial charge < -0.3 is 4.74 Å². The first-order valence-corrected chi connectivity index (χ1v) is 7.22. The van der Waals surface area contributed by atoms with E-state index in [-0.39, 0.29) is 17.8 Å². The highest BCUT2D eigenvalue weighted by atomic mass is 19.4. The van der Waals surface area contributed by atoms with Gasteiger partial charge in [-0.05, 0) is 42.5 Å². The van der Waals surface area contributed by atoms with Gasteiger partial charge in [-0.2, -0.15) is 13.2 Å². The molecule has 0 amide bonds. The highest BCUT2D eigenvalue weighted by molar-refractivity contribution is 5.42. The van der Waals surface area contributed by atoms with Crippen LogP contribution in [0.15, 0.2) is 42.0 Å². The van der Waals surface area contributed by atoms with E-state index in [1.807, 2.05) is 52.8 Å². The molecule has 0 saturated carbocycles. The average Bonchev–Trinajstić information content (AvgIpc) is 2.41. The second-order valence-electron chi connectivity index (χ2n) is 6.11. The lowest BCUT2D eigenvalue weighted by atomic mass is 9.86. The molecule has 0 aliphatic heterocycles. The molecule has 1 aromatic rings. The minimum Gasteiger partial charge on any atom is -0.488 e. The molecule has 22 heavy (non-hydrogen) atoms. The van der Waals surface area contributed by atoms with Gasteiger partial charge in [0.15, 0.2) is 0 Å². The van der Waals surface area contributed by atoms with Crippen LogP contribution < -0.4 is 4.74 Å². The Morgan fingerprint density at radius 3 is 2.23 bits per heavy atom. The van der Waals surface area contributed by atoms with Crippen LogP contribution in [0.3, 0.4) is 0 Å². The van der Waals surface area contributed by atoms with Crippen molar-refractivity contribution in [2.75, 3.05) is 6.61 Å². The molecule has 122 valence electrons. The van der Waals surface area contributed by atoms with Gasteiger partial charge in [-0.1, -0.05) is 45.1 Å². The Labute approximate surface area is 130 Å². The smallest absolute Gasteiger partial charge is 0.419 e. The predicted molar refractivity (Wildman–Crippen MR) is 84.2 cm³/mol. The Morgan fingerprint density at radius 2 is 1.77 bits per heavy atom. The van der Waals surface area contributed by atoms with E-state index in [1.54, 1.807) is 0 Å². The maximum absolute atomic E-state index is 13.1. The number of hydrogen-bond donors (Lipinski definition) is 0. The zero-order chi connectivity index (χ0) is 17.0. The van der Waals surface area contributed by atoms with Gasteiger partial charge in [0.05, 0.1) is 5.56 Å². The highest BCUT2D eigenvalue weighted by Crippen LogP contribution is 2.38. The molecule has 1 nitrogen and oxygen atoms in total. The molecule has 0 aliphatic rings. The lowest BCUT2D eigenvalue weighted by Gasteiger charge is -2.22. The molecule has 4 heteroatoms. The van der Waals surface area contributed by atoms with E-state index in [2.05, 4.69) is 0 Å². The molecule has 0 fully saturated rings. The first-order chi connectivity index (χ1) is 10.1. The van der Waals surface area contributed by atoms with Crippen molar-refractivity contribution in [3.63, 3.8) is 0 Å². The number of rotatable bonds is 4. The van der Waals surface area contributed by atoms with E-state index < -0.39 is 11.7 Å². The third kappa shape index (κ3) is 4.93. The monoisotopic (exact) mass is 312 g/mol. The van der Waals surface area contributed by atoms with Gasteiger partial charge in [-0.15, -0.1) is 0 Å². The topological polar surface area (TPSA) is 9.23 Å². The molecule has 0 aromatic heterocycles. The number of hydrogen-bond acceptors (Lipinski definition) is 1. The van der Waals surface area contributed by atoms with Gasteiger partial charge in [0, 0.05) is 0 Å². The van der Waals surface area contributed by atoms with E-state index >= 15 is 0 Å².